The Morgan fingerprint density at radius 2 is 1.72 bits per heavy atom. The molecule has 0 bridgehead atoms. The fraction of sp³-hybridized carbons (Fsp3) is 0.846. The van der Waals surface area contributed by atoms with Crippen LogP contribution in [-0.4, -0.2) is 41.9 Å². The van der Waals surface area contributed by atoms with Gasteiger partial charge in [-0.25, -0.2) is 0 Å². The molecule has 2 amide bonds. The van der Waals surface area contributed by atoms with Crippen molar-refractivity contribution >= 4 is 11.8 Å². The summed E-state index contributed by atoms with van der Waals surface area (Å²) in [5.41, 5.74) is 5.80. The van der Waals surface area contributed by atoms with Gasteiger partial charge in [0.2, 0.25) is 11.8 Å². The summed E-state index contributed by atoms with van der Waals surface area (Å²) < 4.78 is 0. The van der Waals surface area contributed by atoms with E-state index in [9.17, 15) is 9.59 Å². The molecule has 1 aliphatic heterocycles. The normalized spacial score (nSPS) is 22.2. The van der Waals surface area contributed by atoms with Crippen molar-refractivity contribution in [3.05, 3.63) is 0 Å². The van der Waals surface area contributed by atoms with Gasteiger partial charge in [0.25, 0.3) is 0 Å². The first-order chi connectivity index (χ1) is 8.59. The van der Waals surface area contributed by atoms with Gasteiger partial charge in [-0.3, -0.25) is 9.59 Å². The summed E-state index contributed by atoms with van der Waals surface area (Å²) in [5.74, 6) is -0.0645. The standard InChI is InChI=1S/C13H23N3O2/c14-13(5-1-2-6-13)9-11(17)15-10-12(18)16-7-3-4-8-16/h1-10,14H2,(H,15,17). The van der Waals surface area contributed by atoms with E-state index in [1.807, 2.05) is 4.90 Å². The first-order valence-electron chi connectivity index (χ1n) is 6.92. The molecule has 0 aromatic heterocycles. The molecule has 3 N–H and O–H groups in total. The molecule has 1 saturated carbocycles. The summed E-state index contributed by atoms with van der Waals surface area (Å²) >= 11 is 0. The number of hydrogen-bond acceptors (Lipinski definition) is 3. The number of carbonyl (C=O) groups is 2. The largest absolute Gasteiger partial charge is 0.347 e. The third-order valence-electron chi connectivity index (χ3n) is 4.01. The average molecular weight is 253 g/mol. The minimum Gasteiger partial charge on any atom is -0.347 e. The van der Waals surface area contributed by atoms with Gasteiger partial charge >= 0.3 is 0 Å². The van der Waals surface area contributed by atoms with Crippen LogP contribution in [0.15, 0.2) is 0 Å². The Labute approximate surface area is 108 Å². The van der Waals surface area contributed by atoms with Crippen LogP contribution in [0.4, 0.5) is 0 Å². The second-order valence-corrected chi connectivity index (χ2v) is 5.61. The Balaban J connectivity index is 1.69. The lowest BCUT2D eigenvalue weighted by molar-refractivity contribution is -0.132. The van der Waals surface area contributed by atoms with E-state index in [2.05, 4.69) is 5.32 Å². The van der Waals surface area contributed by atoms with Crippen LogP contribution < -0.4 is 11.1 Å². The van der Waals surface area contributed by atoms with Gasteiger partial charge in [0.05, 0.1) is 6.54 Å². The fourth-order valence-corrected chi connectivity index (χ4v) is 2.89. The van der Waals surface area contributed by atoms with Crippen LogP contribution in [0.1, 0.15) is 44.9 Å². The van der Waals surface area contributed by atoms with Crippen LogP contribution >= 0.6 is 0 Å². The Kier molecular flexibility index (Phi) is 4.22. The molecule has 0 unspecified atom stereocenters. The summed E-state index contributed by atoms with van der Waals surface area (Å²) in [7, 11) is 0. The molecular formula is C13H23N3O2. The van der Waals surface area contributed by atoms with Gasteiger partial charge in [0.15, 0.2) is 0 Å². The highest BCUT2D eigenvalue weighted by Gasteiger charge is 2.31. The van der Waals surface area contributed by atoms with Crippen molar-refractivity contribution in [2.45, 2.75) is 50.5 Å². The van der Waals surface area contributed by atoms with Crippen LogP contribution in [0.25, 0.3) is 0 Å². The van der Waals surface area contributed by atoms with E-state index in [0.717, 1.165) is 51.6 Å². The Bertz CT molecular complexity index is 318. The van der Waals surface area contributed by atoms with Gasteiger partial charge in [-0.2, -0.15) is 0 Å². The van der Waals surface area contributed by atoms with Crippen molar-refractivity contribution < 1.29 is 9.59 Å². The molecule has 102 valence electrons. The van der Waals surface area contributed by atoms with Crippen LogP contribution in [0, 0.1) is 0 Å². The molecular weight excluding hydrogens is 230 g/mol. The molecule has 2 fully saturated rings. The van der Waals surface area contributed by atoms with Gasteiger partial charge in [-0.05, 0) is 25.7 Å². The van der Waals surface area contributed by atoms with Gasteiger partial charge in [0, 0.05) is 25.0 Å². The maximum atomic E-state index is 11.8. The van der Waals surface area contributed by atoms with E-state index >= 15 is 0 Å². The predicted octanol–water partition coefficient (Wildman–Crippen LogP) is 0.387. The van der Waals surface area contributed by atoms with Gasteiger partial charge in [0.1, 0.15) is 0 Å². The number of nitrogens with zero attached hydrogens (tertiary/aromatic N) is 1. The molecule has 1 heterocycles. The number of carbonyl (C=O) groups excluding carboxylic acids is 2. The first-order valence-corrected chi connectivity index (χ1v) is 6.92. The SMILES string of the molecule is NC1(CC(=O)NCC(=O)N2CCCC2)CCCC1. The quantitative estimate of drug-likeness (QED) is 0.761. The molecule has 5 nitrogen and oxygen atoms in total. The van der Waals surface area contributed by atoms with E-state index in [0.29, 0.717) is 6.42 Å². The van der Waals surface area contributed by atoms with Crippen molar-refractivity contribution in [2.75, 3.05) is 19.6 Å². The molecule has 1 saturated heterocycles. The molecule has 0 radical (unpaired) electrons. The van der Waals surface area contributed by atoms with Crippen molar-refractivity contribution in [3.63, 3.8) is 0 Å². The number of nitrogens with two attached hydrogens (primary N) is 1. The maximum Gasteiger partial charge on any atom is 0.241 e. The second-order valence-electron chi connectivity index (χ2n) is 5.61. The molecule has 5 heteroatoms. The average Bonchev–Trinajstić information content (AvgIpc) is 2.97. The third-order valence-corrected chi connectivity index (χ3v) is 4.01. The number of hydrogen-bond donors (Lipinski definition) is 2. The highest BCUT2D eigenvalue weighted by molar-refractivity contribution is 5.85. The molecule has 2 rings (SSSR count). The molecule has 0 aromatic rings. The van der Waals surface area contributed by atoms with E-state index in [-0.39, 0.29) is 23.9 Å². The van der Waals surface area contributed by atoms with E-state index in [4.69, 9.17) is 5.73 Å². The number of nitrogens with one attached hydrogen (secondary N) is 1. The van der Waals surface area contributed by atoms with Crippen LogP contribution in [0.3, 0.4) is 0 Å². The first kappa shape index (κ1) is 13.3. The molecule has 0 spiro atoms. The van der Waals surface area contributed by atoms with Crippen molar-refractivity contribution in [2.24, 2.45) is 5.73 Å². The predicted molar refractivity (Wildman–Crippen MR) is 68.8 cm³/mol. The zero-order valence-corrected chi connectivity index (χ0v) is 10.9. The molecule has 2 aliphatic rings. The summed E-state index contributed by atoms with van der Waals surface area (Å²) in [6.07, 6.45) is 6.55. The van der Waals surface area contributed by atoms with E-state index in [1.165, 1.54) is 0 Å². The minimum atomic E-state index is -0.333. The van der Waals surface area contributed by atoms with Gasteiger partial charge in [-0.15, -0.1) is 0 Å². The molecule has 18 heavy (non-hydrogen) atoms. The number of likely N-dealkylation sites (tertiary alicyclic amines) is 1. The van der Waals surface area contributed by atoms with Gasteiger partial charge in [-0.1, -0.05) is 12.8 Å². The highest BCUT2D eigenvalue weighted by Crippen LogP contribution is 2.29. The minimum absolute atomic E-state index is 0.0262. The zero-order valence-electron chi connectivity index (χ0n) is 10.9. The van der Waals surface area contributed by atoms with Crippen molar-refractivity contribution in [3.8, 4) is 0 Å². The van der Waals surface area contributed by atoms with Crippen molar-refractivity contribution in [1.29, 1.82) is 0 Å². The van der Waals surface area contributed by atoms with E-state index < -0.39 is 0 Å². The monoisotopic (exact) mass is 253 g/mol. The number of rotatable bonds is 4. The molecule has 1 aliphatic carbocycles. The zero-order chi connectivity index (χ0) is 13.0. The summed E-state index contributed by atoms with van der Waals surface area (Å²) in [6, 6.07) is 0. The molecule has 0 atom stereocenters. The Hall–Kier alpha value is -1.10. The maximum absolute atomic E-state index is 11.8. The topological polar surface area (TPSA) is 75.4 Å². The summed E-state index contributed by atoms with van der Waals surface area (Å²) in [4.78, 5) is 25.3. The summed E-state index contributed by atoms with van der Waals surface area (Å²) in [5, 5.41) is 2.70. The number of amides is 2. The van der Waals surface area contributed by atoms with Crippen molar-refractivity contribution in [1.82, 2.24) is 10.2 Å². The summed E-state index contributed by atoms with van der Waals surface area (Å²) in [6.45, 7) is 1.78. The van der Waals surface area contributed by atoms with Gasteiger partial charge < -0.3 is 16.0 Å². The van der Waals surface area contributed by atoms with Crippen LogP contribution in [0.5, 0.6) is 0 Å². The Morgan fingerprint density at radius 3 is 2.33 bits per heavy atom. The third kappa shape index (κ3) is 3.45. The molecule has 0 aromatic carbocycles. The lowest BCUT2D eigenvalue weighted by Crippen LogP contribution is -2.44. The van der Waals surface area contributed by atoms with Crippen LogP contribution in [-0.2, 0) is 9.59 Å². The highest BCUT2D eigenvalue weighted by atomic mass is 16.2. The lowest BCUT2D eigenvalue weighted by Gasteiger charge is -2.23. The second kappa shape index (κ2) is 5.69. The Morgan fingerprint density at radius 1 is 1.11 bits per heavy atom. The van der Waals surface area contributed by atoms with E-state index in [1.54, 1.807) is 0 Å². The fourth-order valence-electron chi connectivity index (χ4n) is 2.89. The smallest absolute Gasteiger partial charge is 0.241 e. The lowest BCUT2D eigenvalue weighted by atomic mass is 9.94. The van der Waals surface area contributed by atoms with Crippen LogP contribution in [0.2, 0.25) is 0 Å².